The third kappa shape index (κ3) is 3.55. The van der Waals surface area contributed by atoms with Gasteiger partial charge < -0.3 is 10.1 Å². The Morgan fingerprint density at radius 2 is 1.78 bits per heavy atom. The van der Waals surface area contributed by atoms with Crippen molar-refractivity contribution in [3.63, 3.8) is 0 Å². The molecule has 0 spiro atoms. The molecule has 0 unspecified atom stereocenters. The van der Waals surface area contributed by atoms with Crippen LogP contribution in [-0.4, -0.2) is 18.0 Å². The van der Waals surface area contributed by atoms with Gasteiger partial charge in [-0.2, -0.15) is 0 Å². The number of pyridine rings is 1. The summed E-state index contributed by atoms with van der Waals surface area (Å²) in [7, 11) is 1.57. The standard InChI is InChI=1S/C19H16N2O2/c1-23-18-9-5-8-15(11-18)19(22)21-17-10-16(12-20-13-17)14-6-3-2-4-7-14/h2-13H,1H3,(H,21,22). The summed E-state index contributed by atoms with van der Waals surface area (Å²) in [6.07, 6.45) is 3.40. The number of hydrogen-bond acceptors (Lipinski definition) is 3. The summed E-state index contributed by atoms with van der Waals surface area (Å²) < 4.78 is 5.14. The third-order valence-corrected chi connectivity index (χ3v) is 3.44. The van der Waals surface area contributed by atoms with Gasteiger partial charge in [0, 0.05) is 17.3 Å². The van der Waals surface area contributed by atoms with Crippen LogP contribution >= 0.6 is 0 Å². The molecule has 1 aromatic heterocycles. The van der Waals surface area contributed by atoms with E-state index >= 15 is 0 Å². The van der Waals surface area contributed by atoms with Crippen LogP contribution in [0, 0.1) is 0 Å². The minimum atomic E-state index is -0.198. The summed E-state index contributed by atoms with van der Waals surface area (Å²) in [4.78, 5) is 16.5. The Morgan fingerprint density at radius 3 is 2.57 bits per heavy atom. The van der Waals surface area contributed by atoms with Gasteiger partial charge in [0.1, 0.15) is 5.75 Å². The minimum Gasteiger partial charge on any atom is -0.497 e. The Bertz CT molecular complexity index is 816. The highest BCUT2D eigenvalue weighted by Crippen LogP contribution is 2.21. The largest absolute Gasteiger partial charge is 0.497 e. The van der Waals surface area contributed by atoms with Crippen LogP contribution in [0.5, 0.6) is 5.75 Å². The summed E-state index contributed by atoms with van der Waals surface area (Å²) in [6, 6.07) is 18.8. The van der Waals surface area contributed by atoms with Crippen LogP contribution in [0.1, 0.15) is 10.4 Å². The van der Waals surface area contributed by atoms with E-state index in [1.165, 1.54) is 0 Å². The minimum absolute atomic E-state index is 0.198. The molecule has 23 heavy (non-hydrogen) atoms. The fourth-order valence-electron chi connectivity index (χ4n) is 2.26. The second kappa shape index (κ2) is 6.75. The molecule has 1 amide bonds. The van der Waals surface area contributed by atoms with E-state index in [2.05, 4.69) is 10.3 Å². The Kier molecular flexibility index (Phi) is 4.34. The van der Waals surface area contributed by atoms with Crippen LogP contribution in [0.2, 0.25) is 0 Å². The maximum Gasteiger partial charge on any atom is 0.255 e. The zero-order chi connectivity index (χ0) is 16.1. The number of nitrogens with one attached hydrogen (secondary N) is 1. The fraction of sp³-hybridized carbons (Fsp3) is 0.0526. The first-order chi connectivity index (χ1) is 11.3. The van der Waals surface area contributed by atoms with Crippen molar-refractivity contribution in [2.24, 2.45) is 0 Å². The Hall–Kier alpha value is -3.14. The number of benzene rings is 2. The van der Waals surface area contributed by atoms with Gasteiger partial charge in [-0.25, -0.2) is 0 Å². The lowest BCUT2D eigenvalue weighted by molar-refractivity contribution is 0.102. The second-order valence-electron chi connectivity index (χ2n) is 5.01. The molecule has 0 bridgehead atoms. The van der Waals surface area contributed by atoms with Crippen molar-refractivity contribution >= 4 is 11.6 Å². The molecule has 114 valence electrons. The molecule has 0 atom stereocenters. The number of carbonyl (C=O) groups excluding carboxylic acids is 1. The van der Waals surface area contributed by atoms with Gasteiger partial charge >= 0.3 is 0 Å². The number of rotatable bonds is 4. The molecule has 4 heteroatoms. The first-order valence-electron chi connectivity index (χ1n) is 7.22. The van der Waals surface area contributed by atoms with E-state index in [-0.39, 0.29) is 5.91 Å². The lowest BCUT2D eigenvalue weighted by Crippen LogP contribution is -2.12. The number of carbonyl (C=O) groups is 1. The molecule has 0 saturated carbocycles. The predicted octanol–water partition coefficient (Wildman–Crippen LogP) is 4.01. The first-order valence-corrected chi connectivity index (χ1v) is 7.22. The maximum absolute atomic E-state index is 12.3. The van der Waals surface area contributed by atoms with E-state index in [0.717, 1.165) is 11.1 Å². The van der Waals surface area contributed by atoms with Gasteiger partial charge in [0.2, 0.25) is 0 Å². The van der Waals surface area contributed by atoms with Crippen molar-refractivity contribution in [1.82, 2.24) is 4.98 Å². The summed E-state index contributed by atoms with van der Waals surface area (Å²) in [5, 5.41) is 2.86. The molecule has 0 fully saturated rings. The molecule has 0 saturated heterocycles. The molecule has 2 aromatic carbocycles. The summed E-state index contributed by atoms with van der Waals surface area (Å²) in [6.45, 7) is 0. The number of aromatic nitrogens is 1. The number of ether oxygens (including phenoxy) is 1. The Balaban J connectivity index is 1.81. The van der Waals surface area contributed by atoms with Crippen LogP contribution in [0.15, 0.2) is 73.1 Å². The van der Waals surface area contributed by atoms with E-state index < -0.39 is 0 Å². The predicted molar refractivity (Wildman–Crippen MR) is 90.6 cm³/mol. The van der Waals surface area contributed by atoms with E-state index in [1.54, 1.807) is 43.8 Å². The zero-order valence-electron chi connectivity index (χ0n) is 12.7. The normalized spacial score (nSPS) is 10.1. The summed E-state index contributed by atoms with van der Waals surface area (Å²) in [5.74, 6) is 0.449. The topological polar surface area (TPSA) is 51.2 Å². The molecule has 3 rings (SSSR count). The average molecular weight is 304 g/mol. The quantitative estimate of drug-likeness (QED) is 0.792. The highest BCUT2D eigenvalue weighted by molar-refractivity contribution is 6.04. The molecular weight excluding hydrogens is 288 g/mol. The molecule has 3 aromatic rings. The molecule has 0 aliphatic rings. The van der Waals surface area contributed by atoms with Crippen molar-refractivity contribution in [3.05, 3.63) is 78.6 Å². The van der Waals surface area contributed by atoms with Crippen LogP contribution in [0.3, 0.4) is 0 Å². The van der Waals surface area contributed by atoms with Crippen molar-refractivity contribution in [2.45, 2.75) is 0 Å². The molecule has 0 aliphatic carbocycles. The molecular formula is C19H16N2O2. The lowest BCUT2D eigenvalue weighted by atomic mass is 10.1. The zero-order valence-corrected chi connectivity index (χ0v) is 12.7. The Labute approximate surface area is 134 Å². The molecule has 1 N–H and O–H groups in total. The van der Waals surface area contributed by atoms with Gasteiger partial charge in [-0.05, 0) is 29.8 Å². The van der Waals surface area contributed by atoms with Gasteiger partial charge in [-0.15, -0.1) is 0 Å². The van der Waals surface area contributed by atoms with E-state index in [4.69, 9.17) is 4.74 Å². The van der Waals surface area contributed by atoms with E-state index in [1.807, 2.05) is 36.4 Å². The first kappa shape index (κ1) is 14.8. The Morgan fingerprint density at radius 1 is 0.957 bits per heavy atom. The monoisotopic (exact) mass is 304 g/mol. The van der Waals surface area contributed by atoms with Crippen molar-refractivity contribution in [1.29, 1.82) is 0 Å². The molecule has 4 nitrogen and oxygen atoms in total. The van der Waals surface area contributed by atoms with E-state index in [0.29, 0.717) is 17.0 Å². The van der Waals surface area contributed by atoms with Crippen molar-refractivity contribution in [2.75, 3.05) is 12.4 Å². The molecule has 0 radical (unpaired) electrons. The lowest BCUT2D eigenvalue weighted by Gasteiger charge is -2.08. The molecule has 0 aliphatic heterocycles. The number of hydrogen-bond donors (Lipinski definition) is 1. The second-order valence-corrected chi connectivity index (χ2v) is 5.01. The molecule has 1 heterocycles. The van der Waals surface area contributed by atoms with Crippen LogP contribution < -0.4 is 10.1 Å². The van der Waals surface area contributed by atoms with Gasteiger partial charge in [0.15, 0.2) is 0 Å². The summed E-state index contributed by atoms with van der Waals surface area (Å²) >= 11 is 0. The SMILES string of the molecule is COc1cccc(C(=O)Nc2cncc(-c3ccccc3)c2)c1. The number of amides is 1. The smallest absolute Gasteiger partial charge is 0.255 e. The highest BCUT2D eigenvalue weighted by atomic mass is 16.5. The van der Waals surface area contributed by atoms with Crippen molar-refractivity contribution < 1.29 is 9.53 Å². The summed E-state index contributed by atoms with van der Waals surface area (Å²) in [5.41, 5.74) is 3.19. The van der Waals surface area contributed by atoms with Gasteiger partial charge in [0.25, 0.3) is 5.91 Å². The van der Waals surface area contributed by atoms with Crippen LogP contribution in [-0.2, 0) is 0 Å². The average Bonchev–Trinajstić information content (AvgIpc) is 2.63. The maximum atomic E-state index is 12.3. The van der Waals surface area contributed by atoms with Gasteiger partial charge in [0.05, 0.1) is 19.0 Å². The van der Waals surface area contributed by atoms with Crippen LogP contribution in [0.25, 0.3) is 11.1 Å². The number of methoxy groups -OCH3 is 1. The van der Waals surface area contributed by atoms with Crippen LogP contribution in [0.4, 0.5) is 5.69 Å². The van der Waals surface area contributed by atoms with Gasteiger partial charge in [-0.1, -0.05) is 36.4 Å². The van der Waals surface area contributed by atoms with Gasteiger partial charge in [-0.3, -0.25) is 9.78 Å². The third-order valence-electron chi connectivity index (χ3n) is 3.44. The van der Waals surface area contributed by atoms with Crippen molar-refractivity contribution in [3.8, 4) is 16.9 Å². The van der Waals surface area contributed by atoms with E-state index in [9.17, 15) is 4.79 Å². The number of nitrogens with zero attached hydrogens (tertiary/aromatic N) is 1. The number of anilines is 1. The fourth-order valence-corrected chi connectivity index (χ4v) is 2.26. The highest BCUT2D eigenvalue weighted by Gasteiger charge is 2.08.